The zero-order valence-electron chi connectivity index (χ0n) is 14.0. The standard InChI is InChI=1S/C20H22FNO3/c21-18-7-3-6-17(12-18)20(8-10-25-11-9-20)19(24)22-13-15-4-1-2-5-16(15)14-23/h1-7,12,23H,8-11,13-14H2,(H,22,24). The summed E-state index contributed by atoms with van der Waals surface area (Å²) in [6.45, 7) is 1.19. The number of rotatable bonds is 5. The molecule has 132 valence electrons. The smallest absolute Gasteiger partial charge is 0.231 e. The van der Waals surface area contributed by atoms with Gasteiger partial charge in [0, 0.05) is 19.8 Å². The van der Waals surface area contributed by atoms with E-state index in [1.807, 2.05) is 24.3 Å². The lowest BCUT2D eigenvalue weighted by atomic mass is 9.73. The number of benzene rings is 2. The Bertz CT molecular complexity index is 741. The van der Waals surface area contributed by atoms with Crippen molar-refractivity contribution in [3.8, 4) is 0 Å². The van der Waals surface area contributed by atoms with Crippen molar-refractivity contribution in [2.75, 3.05) is 13.2 Å². The van der Waals surface area contributed by atoms with E-state index in [0.717, 1.165) is 11.1 Å². The summed E-state index contributed by atoms with van der Waals surface area (Å²) in [4.78, 5) is 13.1. The zero-order valence-corrected chi connectivity index (χ0v) is 14.0. The van der Waals surface area contributed by atoms with Crippen molar-refractivity contribution in [1.29, 1.82) is 0 Å². The summed E-state index contributed by atoms with van der Waals surface area (Å²) < 4.78 is 19.1. The summed E-state index contributed by atoms with van der Waals surface area (Å²) in [5.41, 5.74) is 1.56. The number of aliphatic hydroxyl groups is 1. The SMILES string of the molecule is O=C(NCc1ccccc1CO)C1(c2cccc(F)c2)CCOCC1. The minimum atomic E-state index is -0.783. The van der Waals surface area contributed by atoms with Gasteiger partial charge in [-0.1, -0.05) is 36.4 Å². The highest BCUT2D eigenvalue weighted by Crippen LogP contribution is 2.35. The van der Waals surface area contributed by atoms with Crippen molar-refractivity contribution in [1.82, 2.24) is 5.32 Å². The van der Waals surface area contributed by atoms with E-state index in [-0.39, 0.29) is 18.3 Å². The minimum Gasteiger partial charge on any atom is -0.392 e. The second kappa shape index (κ2) is 7.76. The Balaban J connectivity index is 1.83. The summed E-state index contributed by atoms with van der Waals surface area (Å²) in [6.07, 6.45) is 1.04. The number of carbonyl (C=O) groups is 1. The number of hydrogen-bond donors (Lipinski definition) is 2. The summed E-state index contributed by atoms with van der Waals surface area (Å²) in [5.74, 6) is -0.476. The third kappa shape index (κ3) is 3.72. The average molecular weight is 343 g/mol. The number of amides is 1. The Labute approximate surface area is 146 Å². The third-order valence-electron chi connectivity index (χ3n) is 4.89. The Morgan fingerprint density at radius 3 is 2.52 bits per heavy atom. The van der Waals surface area contributed by atoms with Crippen LogP contribution in [0.2, 0.25) is 0 Å². The lowest BCUT2D eigenvalue weighted by molar-refractivity contribution is -0.130. The number of nitrogens with one attached hydrogen (secondary N) is 1. The molecule has 0 aliphatic carbocycles. The van der Waals surface area contributed by atoms with Gasteiger partial charge in [-0.2, -0.15) is 0 Å². The van der Waals surface area contributed by atoms with E-state index in [9.17, 15) is 14.3 Å². The van der Waals surface area contributed by atoms with Gasteiger partial charge in [-0.3, -0.25) is 4.79 Å². The molecular formula is C20H22FNO3. The first-order valence-electron chi connectivity index (χ1n) is 8.45. The fraction of sp³-hybridized carbons (Fsp3) is 0.350. The van der Waals surface area contributed by atoms with Crippen LogP contribution in [0.3, 0.4) is 0 Å². The zero-order chi connectivity index (χ0) is 17.7. The van der Waals surface area contributed by atoms with E-state index < -0.39 is 5.41 Å². The fourth-order valence-corrected chi connectivity index (χ4v) is 3.38. The predicted molar refractivity (Wildman–Crippen MR) is 92.3 cm³/mol. The van der Waals surface area contributed by atoms with Gasteiger partial charge in [0.1, 0.15) is 5.82 Å². The van der Waals surface area contributed by atoms with Crippen molar-refractivity contribution in [3.63, 3.8) is 0 Å². The molecule has 1 heterocycles. The van der Waals surface area contributed by atoms with Gasteiger partial charge >= 0.3 is 0 Å². The molecule has 1 saturated heterocycles. The molecule has 1 aliphatic heterocycles. The van der Waals surface area contributed by atoms with Gasteiger partial charge in [0.15, 0.2) is 0 Å². The van der Waals surface area contributed by atoms with Crippen LogP contribution in [-0.4, -0.2) is 24.2 Å². The van der Waals surface area contributed by atoms with E-state index in [0.29, 0.717) is 38.2 Å². The highest BCUT2D eigenvalue weighted by Gasteiger charge is 2.41. The van der Waals surface area contributed by atoms with Crippen molar-refractivity contribution >= 4 is 5.91 Å². The molecule has 1 fully saturated rings. The van der Waals surface area contributed by atoms with Gasteiger partial charge in [0.25, 0.3) is 0 Å². The molecule has 5 heteroatoms. The van der Waals surface area contributed by atoms with E-state index >= 15 is 0 Å². The van der Waals surface area contributed by atoms with Gasteiger partial charge in [0.2, 0.25) is 5.91 Å². The minimum absolute atomic E-state index is 0.0745. The van der Waals surface area contributed by atoms with Crippen LogP contribution in [0.5, 0.6) is 0 Å². The van der Waals surface area contributed by atoms with E-state index in [2.05, 4.69) is 5.32 Å². The van der Waals surface area contributed by atoms with E-state index in [1.54, 1.807) is 12.1 Å². The molecule has 2 aromatic carbocycles. The average Bonchev–Trinajstić information content (AvgIpc) is 2.66. The largest absolute Gasteiger partial charge is 0.392 e. The normalized spacial score (nSPS) is 16.4. The van der Waals surface area contributed by atoms with Gasteiger partial charge < -0.3 is 15.2 Å². The second-order valence-electron chi connectivity index (χ2n) is 6.31. The van der Waals surface area contributed by atoms with Crippen LogP contribution in [0.15, 0.2) is 48.5 Å². The van der Waals surface area contributed by atoms with Crippen LogP contribution in [-0.2, 0) is 28.1 Å². The summed E-state index contributed by atoms with van der Waals surface area (Å²) >= 11 is 0. The lowest BCUT2D eigenvalue weighted by Crippen LogP contribution is -2.47. The van der Waals surface area contributed by atoms with Crippen molar-refractivity contribution < 1.29 is 19.0 Å². The van der Waals surface area contributed by atoms with E-state index in [1.165, 1.54) is 12.1 Å². The maximum absolute atomic E-state index is 13.7. The highest BCUT2D eigenvalue weighted by atomic mass is 19.1. The lowest BCUT2D eigenvalue weighted by Gasteiger charge is -2.36. The Morgan fingerprint density at radius 2 is 1.84 bits per heavy atom. The van der Waals surface area contributed by atoms with Crippen LogP contribution in [0.25, 0.3) is 0 Å². The van der Waals surface area contributed by atoms with Crippen molar-refractivity contribution in [2.45, 2.75) is 31.4 Å². The van der Waals surface area contributed by atoms with Crippen LogP contribution in [0.4, 0.5) is 4.39 Å². The molecule has 0 aromatic heterocycles. The molecule has 0 radical (unpaired) electrons. The molecule has 2 N–H and O–H groups in total. The first-order valence-corrected chi connectivity index (χ1v) is 8.45. The number of ether oxygens (including phenoxy) is 1. The number of hydrogen-bond acceptors (Lipinski definition) is 3. The molecule has 0 bridgehead atoms. The maximum Gasteiger partial charge on any atom is 0.231 e. The number of halogens is 1. The summed E-state index contributed by atoms with van der Waals surface area (Å²) in [5, 5.41) is 12.4. The monoisotopic (exact) mass is 343 g/mol. The van der Waals surface area contributed by atoms with Crippen LogP contribution >= 0.6 is 0 Å². The summed E-state index contributed by atoms with van der Waals surface area (Å²) in [6, 6.07) is 13.7. The van der Waals surface area contributed by atoms with Gasteiger partial charge in [0.05, 0.1) is 12.0 Å². The molecule has 0 atom stereocenters. The Morgan fingerprint density at radius 1 is 1.12 bits per heavy atom. The molecule has 1 aliphatic rings. The molecular weight excluding hydrogens is 321 g/mol. The summed E-state index contributed by atoms with van der Waals surface area (Å²) in [7, 11) is 0. The number of carbonyl (C=O) groups excluding carboxylic acids is 1. The quantitative estimate of drug-likeness (QED) is 0.878. The van der Waals surface area contributed by atoms with Crippen molar-refractivity contribution in [2.24, 2.45) is 0 Å². The van der Waals surface area contributed by atoms with E-state index in [4.69, 9.17) is 4.74 Å². The first-order chi connectivity index (χ1) is 12.2. The highest BCUT2D eigenvalue weighted by molar-refractivity contribution is 5.88. The van der Waals surface area contributed by atoms with Crippen LogP contribution in [0, 0.1) is 5.82 Å². The molecule has 0 spiro atoms. The van der Waals surface area contributed by atoms with Gasteiger partial charge in [-0.25, -0.2) is 4.39 Å². The second-order valence-corrected chi connectivity index (χ2v) is 6.31. The first kappa shape index (κ1) is 17.6. The molecule has 0 saturated carbocycles. The molecule has 2 aromatic rings. The van der Waals surface area contributed by atoms with Gasteiger partial charge in [-0.05, 0) is 41.7 Å². The van der Waals surface area contributed by atoms with Crippen LogP contribution in [0.1, 0.15) is 29.5 Å². The van der Waals surface area contributed by atoms with Gasteiger partial charge in [-0.15, -0.1) is 0 Å². The maximum atomic E-state index is 13.7. The number of aliphatic hydroxyl groups excluding tert-OH is 1. The van der Waals surface area contributed by atoms with Crippen molar-refractivity contribution in [3.05, 3.63) is 71.0 Å². The topological polar surface area (TPSA) is 58.6 Å². The molecule has 3 rings (SSSR count). The molecule has 1 amide bonds. The third-order valence-corrected chi connectivity index (χ3v) is 4.89. The predicted octanol–water partition coefficient (Wildman–Crippen LogP) is 2.68. The molecule has 0 unspecified atom stereocenters. The fourth-order valence-electron chi connectivity index (χ4n) is 3.38. The molecule has 25 heavy (non-hydrogen) atoms. The Hall–Kier alpha value is -2.24. The molecule has 4 nitrogen and oxygen atoms in total. The van der Waals surface area contributed by atoms with Crippen LogP contribution < -0.4 is 5.32 Å². The Kier molecular flexibility index (Phi) is 5.46.